The van der Waals surface area contributed by atoms with E-state index in [1.54, 1.807) is 6.92 Å². The van der Waals surface area contributed by atoms with Crippen LogP contribution in [-0.4, -0.2) is 23.7 Å². The van der Waals surface area contributed by atoms with Gasteiger partial charge in [-0.05, 0) is 18.8 Å². The van der Waals surface area contributed by atoms with Gasteiger partial charge in [-0.1, -0.05) is 20.8 Å². The maximum atomic E-state index is 11.4. The fraction of sp³-hybridized carbons (Fsp3) is 0.818. The first kappa shape index (κ1) is 13.9. The van der Waals surface area contributed by atoms with E-state index in [1.165, 1.54) is 0 Å². The zero-order valence-electron chi connectivity index (χ0n) is 9.66. The summed E-state index contributed by atoms with van der Waals surface area (Å²) in [5.41, 5.74) is 0. The molecule has 0 amide bonds. The van der Waals surface area contributed by atoms with Gasteiger partial charge in [0.1, 0.15) is 0 Å². The Kier molecular flexibility index (Phi) is 6.75. The van der Waals surface area contributed by atoms with Crippen molar-refractivity contribution < 1.29 is 19.4 Å². The molecule has 0 fully saturated rings. The van der Waals surface area contributed by atoms with Crippen LogP contribution in [0.4, 0.5) is 0 Å². The molecular weight excluding hydrogens is 196 g/mol. The van der Waals surface area contributed by atoms with Gasteiger partial charge in [0, 0.05) is 6.42 Å². The number of carbonyl (C=O) groups is 2. The second-order valence-corrected chi connectivity index (χ2v) is 4.21. The largest absolute Gasteiger partial charge is 0.481 e. The van der Waals surface area contributed by atoms with E-state index in [-0.39, 0.29) is 18.3 Å². The average molecular weight is 216 g/mol. The quantitative estimate of drug-likeness (QED) is 0.662. The van der Waals surface area contributed by atoms with Crippen molar-refractivity contribution in [1.82, 2.24) is 0 Å². The van der Waals surface area contributed by atoms with Crippen molar-refractivity contribution in [1.29, 1.82) is 0 Å². The fourth-order valence-electron chi connectivity index (χ4n) is 1.07. The summed E-state index contributed by atoms with van der Waals surface area (Å²) in [7, 11) is 0. The summed E-state index contributed by atoms with van der Waals surface area (Å²) in [5, 5.41) is 8.42. The maximum Gasteiger partial charge on any atom is 0.308 e. The third kappa shape index (κ3) is 7.97. The summed E-state index contributed by atoms with van der Waals surface area (Å²) < 4.78 is 5.04. The number of hydrogen-bond donors (Lipinski definition) is 1. The molecule has 0 saturated heterocycles. The third-order valence-corrected chi connectivity index (χ3v) is 1.99. The normalized spacial score (nSPS) is 12.5. The minimum Gasteiger partial charge on any atom is -0.481 e. The van der Waals surface area contributed by atoms with Crippen LogP contribution in [0.25, 0.3) is 0 Å². The summed E-state index contributed by atoms with van der Waals surface area (Å²) in [6.45, 7) is 6.15. The third-order valence-electron chi connectivity index (χ3n) is 1.99. The number of hydrogen-bond acceptors (Lipinski definition) is 3. The van der Waals surface area contributed by atoms with E-state index in [1.807, 2.05) is 13.8 Å². The van der Waals surface area contributed by atoms with Gasteiger partial charge in [0.25, 0.3) is 0 Å². The Balaban J connectivity index is 3.64. The van der Waals surface area contributed by atoms with Crippen LogP contribution in [0.5, 0.6) is 0 Å². The van der Waals surface area contributed by atoms with Gasteiger partial charge in [-0.3, -0.25) is 9.59 Å². The Hall–Kier alpha value is -1.06. The second kappa shape index (κ2) is 7.26. The summed E-state index contributed by atoms with van der Waals surface area (Å²) >= 11 is 0. The molecule has 1 N–H and O–H groups in total. The van der Waals surface area contributed by atoms with Crippen molar-refractivity contribution in [3.63, 3.8) is 0 Å². The molecule has 0 aromatic heterocycles. The predicted octanol–water partition coefficient (Wildman–Crippen LogP) is 2.08. The van der Waals surface area contributed by atoms with Gasteiger partial charge < -0.3 is 9.84 Å². The molecule has 15 heavy (non-hydrogen) atoms. The molecule has 0 aliphatic carbocycles. The van der Waals surface area contributed by atoms with Gasteiger partial charge >= 0.3 is 11.9 Å². The van der Waals surface area contributed by atoms with E-state index >= 15 is 0 Å². The van der Waals surface area contributed by atoms with Crippen molar-refractivity contribution in [2.45, 2.75) is 40.0 Å². The highest BCUT2D eigenvalue weighted by molar-refractivity contribution is 5.72. The number of carboxylic acids is 1. The van der Waals surface area contributed by atoms with Crippen LogP contribution in [-0.2, 0) is 14.3 Å². The zero-order valence-corrected chi connectivity index (χ0v) is 9.66. The number of ether oxygens (including phenoxy) is 1. The Morgan fingerprint density at radius 3 is 2.33 bits per heavy atom. The molecule has 0 rings (SSSR count). The standard InChI is InChI=1S/C11H20O4/c1-8(2)7-15-11(14)9(3)5-4-6-10(12)13/h8-9H,4-7H2,1-3H3,(H,12,13). The SMILES string of the molecule is CC(C)COC(=O)C(C)CCCC(=O)O. The number of carbonyl (C=O) groups excluding carboxylic acids is 1. The van der Waals surface area contributed by atoms with Gasteiger partial charge in [-0.2, -0.15) is 0 Å². The summed E-state index contributed by atoms with van der Waals surface area (Å²) in [6.07, 6.45) is 1.21. The molecule has 1 atom stereocenters. The van der Waals surface area contributed by atoms with Gasteiger partial charge in [-0.15, -0.1) is 0 Å². The van der Waals surface area contributed by atoms with Crippen molar-refractivity contribution in [2.75, 3.05) is 6.61 Å². The monoisotopic (exact) mass is 216 g/mol. The molecule has 0 aliphatic heterocycles. The van der Waals surface area contributed by atoms with Crippen LogP contribution < -0.4 is 0 Å². The number of rotatable bonds is 7. The van der Waals surface area contributed by atoms with E-state index in [2.05, 4.69) is 0 Å². The molecule has 0 aliphatic rings. The predicted molar refractivity (Wildman–Crippen MR) is 56.4 cm³/mol. The summed E-state index contributed by atoms with van der Waals surface area (Å²) in [6, 6.07) is 0. The van der Waals surface area contributed by atoms with Crippen LogP contribution in [0, 0.1) is 11.8 Å². The minimum atomic E-state index is -0.822. The summed E-state index contributed by atoms with van der Waals surface area (Å²) in [4.78, 5) is 21.6. The molecule has 0 saturated carbocycles. The Morgan fingerprint density at radius 1 is 1.27 bits per heavy atom. The highest BCUT2D eigenvalue weighted by atomic mass is 16.5. The molecule has 88 valence electrons. The van der Waals surface area contributed by atoms with E-state index in [0.717, 1.165) is 0 Å². The molecular formula is C11H20O4. The first-order chi connectivity index (χ1) is 6.93. The zero-order chi connectivity index (χ0) is 11.8. The van der Waals surface area contributed by atoms with Crippen molar-refractivity contribution in [3.05, 3.63) is 0 Å². The molecule has 0 heterocycles. The van der Waals surface area contributed by atoms with Crippen LogP contribution >= 0.6 is 0 Å². The van der Waals surface area contributed by atoms with Gasteiger partial charge in [-0.25, -0.2) is 0 Å². The lowest BCUT2D eigenvalue weighted by Crippen LogP contribution is -2.17. The molecule has 0 radical (unpaired) electrons. The Labute approximate surface area is 90.6 Å². The smallest absolute Gasteiger partial charge is 0.308 e. The Bertz CT molecular complexity index is 211. The van der Waals surface area contributed by atoms with Crippen molar-refractivity contribution in [3.8, 4) is 0 Å². The number of carboxylic acid groups (broad SMARTS) is 1. The Morgan fingerprint density at radius 2 is 1.87 bits per heavy atom. The molecule has 0 spiro atoms. The average Bonchev–Trinajstić information content (AvgIpc) is 2.13. The minimum absolute atomic E-state index is 0.113. The van der Waals surface area contributed by atoms with Crippen LogP contribution in [0.3, 0.4) is 0 Å². The van der Waals surface area contributed by atoms with Crippen LogP contribution in [0.1, 0.15) is 40.0 Å². The number of esters is 1. The molecule has 1 unspecified atom stereocenters. The molecule has 0 aromatic rings. The van der Waals surface area contributed by atoms with Crippen molar-refractivity contribution in [2.24, 2.45) is 11.8 Å². The van der Waals surface area contributed by atoms with Gasteiger partial charge in [0.2, 0.25) is 0 Å². The van der Waals surface area contributed by atoms with E-state index in [9.17, 15) is 9.59 Å². The van der Waals surface area contributed by atoms with Gasteiger partial charge in [0.15, 0.2) is 0 Å². The van der Waals surface area contributed by atoms with E-state index < -0.39 is 5.97 Å². The highest BCUT2D eigenvalue weighted by Crippen LogP contribution is 2.10. The van der Waals surface area contributed by atoms with Crippen LogP contribution in [0.2, 0.25) is 0 Å². The first-order valence-corrected chi connectivity index (χ1v) is 5.32. The lowest BCUT2D eigenvalue weighted by molar-refractivity contribution is -0.149. The maximum absolute atomic E-state index is 11.4. The van der Waals surface area contributed by atoms with Crippen molar-refractivity contribution >= 4 is 11.9 Å². The first-order valence-electron chi connectivity index (χ1n) is 5.32. The van der Waals surface area contributed by atoms with E-state index in [4.69, 9.17) is 9.84 Å². The molecule has 0 bridgehead atoms. The topological polar surface area (TPSA) is 63.6 Å². The fourth-order valence-corrected chi connectivity index (χ4v) is 1.07. The number of aliphatic carboxylic acids is 1. The molecule has 4 nitrogen and oxygen atoms in total. The van der Waals surface area contributed by atoms with Gasteiger partial charge in [0.05, 0.1) is 12.5 Å². The lowest BCUT2D eigenvalue weighted by atomic mass is 10.0. The highest BCUT2D eigenvalue weighted by Gasteiger charge is 2.14. The summed E-state index contributed by atoms with van der Waals surface area (Å²) in [5.74, 6) is -0.921. The van der Waals surface area contributed by atoms with E-state index in [0.29, 0.717) is 25.4 Å². The second-order valence-electron chi connectivity index (χ2n) is 4.21. The molecule has 4 heteroatoms. The lowest BCUT2D eigenvalue weighted by Gasteiger charge is -2.12. The van der Waals surface area contributed by atoms with Crippen LogP contribution in [0.15, 0.2) is 0 Å². The molecule has 0 aromatic carbocycles.